The second kappa shape index (κ2) is 12.7. The molecule has 0 radical (unpaired) electrons. The number of Topliss-reactive ketones (excluding diaryl/α,β-unsaturated/α-hetero) is 1. The van der Waals surface area contributed by atoms with Gasteiger partial charge in [-0.3, -0.25) is 14.5 Å². The lowest BCUT2D eigenvalue weighted by Gasteiger charge is -2.29. The fourth-order valence-electron chi connectivity index (χ4n) is 5.28. The first kappa shape index (κ1) is 28.0. The molecule has 3 heterocycles. The Morgan fingerprint density at radius 3 is 2.55 bits per heavy atom. The minimum Gasteiger partial charge on any atom is -0.507 e. The van der Waals surface area contributed by atoms with Crippen LogP contribution in [0, 0.1) is 5.92 Å². The molecule has 40 heavy (non-hydrogen) atoms. The fourth-order valence-corrected chi connectivity index (χ4v) is 5.28. The van der Waals surface area contributed by atoms with E-state index in [1.807, 2.05) is 24.3 Å². The van der Waals surface area contributed by atoms with Crippen LogP contribution >= 0.6 is 0 Å². The molecule has 1 amide bonds. The highest BCUT2D eigenvalue weighted by Crippen LogP contribution is 2.41. The van der Waals surface area contributed by atoms with Crippen LogP contribution in [0.25, 0.3) is 5.76 Å². The summed E-state index contributed by atoms with van der Waals surface area (Å²) >= 11 is 0. The van der Waals surface area contributed by atoms with Crippen molar-refractivity contribution in [2.24, 2.45) is 5.92 Å². The van der Waals surface area contributed by atoms with Crippen LogP contribution in [0.4, 0.5) is 0 Å². The summed E-state index contributed by atoms with van der Waals surface area (Å²) in [6, 6.07) is 11.8. The highest BCUT2D eigenvalue weighted by atomic mass is 16.6. The van der Waals surface area contributed by atoms with Gasteiger partial charge in [-0.15, -0.1) is 0 Å². The molecule has 9 heteroatoms. The van der Waals surface area contributed by atoms with Crippen molar-refractivity contribution >= 4 is 17.4 Å². The highest BCUT2D eigenvalue weighted by molar-refractivity contribution is 6.46. The van der Waals surface area contributed by atoms with E-state index in [-0.39, 0.29) is 11.3 Å². The number of morpholine rings is 1. The molecule has 0 aromatic heterocycles. The number of hydrogen-bond donors (Lipinski definition) is 1. The van der Waals surface area contributed by atoms with E-state index in [9.17, 15) is 14.7 Å². The molecule has 214 valence electrons. The van der Waals surface area contributed by atoms with Crippen molar-refractivity contribution in [2.75, 3.05) is 59.2 Å². The van der Waals surface area contributed by atoms with Crippen molar-refractivity contribution in [3.63, 3.8) is 0 Å². The molecular formula is C31H38N2O7. The number of ketones is 1. The SMILES string of the molecule is CC(C)CCOc1cccc([C@H]2C(=C(O)c3ccc4c(c3)OCCO4)C(=O)C(=O)N2CCCN2CCOCC2)c1. The van der Waals surface area contributed by atoms with Crippen molar-refractivity contribution in [1.82, 2.24) is 9.80 Å². The molecule has 2 aromatic rings. The Hall–Kier alpha value is -3.56. The number of likely N-dealkylation sites (tertiary alicyclic amines) is 1. The Morgan fingerprint density at radius 1 is 1.00 bits per heavy atom. The van der Waals surface area contributed by atoms with Crippen LogP contribution in [0.5, 0.6) is 17.2 Å². The van der Waals surface area contributed by atoms with E-state index in [0.717, 1.165) is 26.1 Å². The number of carbonyl (C=O) groups is 2. The third-order valence-corrected chi connectivity index (χ3v) is 7.47. The maximum Gasteiger partial charge on any atom is 0.295 e. The number of nitrogens with zero attached hydrogens (tertiary/aromatic N) is 2. The molecule has 0 unspecified atom stereocenters. The molecule has 0 aliphatic carbocycles. The zero-order chi connectivity index (χ0) is 28.1. The fraction of sp³-hybridized carbons (Fsp3) is 0.484. The first-order valence-corrected chi connectivity index (χ1v) is 14.1. The van der Waals surface area contributed by atoms with Crippen LogP contribution in [0.15, 0.2) is 48.0 Å². The third kappa shape index (κ3) is 6.26. The van der Waals surface area contributed by atoms with Gasteiger partial charge in [-0.2, -0.15) is 0 Å². The Kier molecular flexibility index (Phi) is 8.91. The second-order valence-corrected chi connectivity index (χ2v) is 10.8. The summed E-state index contributed by atoms with van der Waals surface area (Å²) in [6.45, 7) is 9.96. The lowest BCUT2D eigenvalue weighted by atomic mass is 9.95. The predicted octanol–water partition coefficient (Wildman–Crippen LogP) is 4.03. The molecule has 3 aliphatic rings. The summed E-state index contributed by atoms with van der Waals surface area (Å²) in [5.74, 6) is 0.694. The van der Waals surface area contributed by atoms with E-state index < -0.39 is 17.7 Å². The third-order valence-electron chi connectivity index (χ3n) is 7.47. The van der Waals surface area contributed by atoms with Gasteiger partial charge in [-0.05, 0) is 54.7 Å². The van der Waals surface area contributed by atoms with Gasteiger partial charge in [0, 0.05) is 31.7 Å². The summed E-state index contributed by atoms with van der Waals surface area (Å²) < 4.78 is 22.7. The standard InChI is InChI=1S/C31H38N2O7/c1-21(2)9-14-38-24-6-3-5-22(19-24)28-27(29(34)23-7-8-25-26(20-23)40-18-17-39-25)30(35)31(36)33(28)11-4-10-32-12-15-37-16-13-32/h3,5-8,19-21,28,34H,4,9-18H2,1-2H3/t28-/m0/s1. The van der Waals surface area contributed by atoms with E-state index >= 15 is 0 Å². The lowest BCUT2D eigenvalue weighted by Crippen LogP contribution is -2.38. The van der Waals surface area contributed by atoms with E-state index in [0.29, 0.717) is 80.3 Å². The monoisotopic (exact) mass is 550 g/mol. The van der Waals surface area contributed by atoms with Crippen LogP contribution < -0.4 is 14.2 Å². The van der Waals surface area contributed by atoms with Gasteiger partial charge >= 0.3 is 0 Å². The summed E-state index contributed by atoms with van der Waals surface area (Å²) in [5.41, 5.74) is 1.17. The smallest absolute Gasteiger partial charge is 0.295 e. The molecular weight excluding hydrogens is 512 g/mol. The lowest BCUT2D eigenvalue weighted by molar-refractivity contribution is -0.140. The van der Waals surface area contributed by atoms with Gasteiger partial charge in [0.05, 0.1) is 31.4 Å². The first-order valence-electron chi connectivity index (χ1n) is 14.1. The first-order chi connectivity index (χ1) is 19.4. The summed E-state index contributed by atoms with van der Waals surface area (Å²) in [6.07, 6.45) is 1.60. The number of amides is 1. The zero-order valence-electron chi connectivity index (χ0n) is 23.3. The van der Waals surface area contributed by atoms with Gasteiger partial charge in [0.2, 0.25) is 0 Å². The van der Waals surface area contributed by atoms with Gasteiger partial charge in [-0.1, -0.05) is 26.0 Å². The van der Waals surface area contributed by atoms with E-state index in [1.165, 1.54) is 0 Å². The summed E-state index contributed by atoms with van der Waals surface area (Å²) in [4.78, 5) is 30.8. The van der Waals surface area contributed by atoms with Gasteiger partial charge < -0.3 is 29.0 Å². The normalized spacial score (nSPS) is 20.8. The van der Waals surface area contributed by atoms with Crippen molar-refractivity contribution in [3.05, 3.63) is 59.2 Å². The number of aliphatic hydroxyl groups excluding tert-OH is 1. The quantitative estimate of drug-likeness (QED) is 0.269. The van der Waals surface area contributed by atoms with Gasteiger partial charge in [-0.25, -0.2) is 0 Å². The number of benzene rings is 2. The van der Waals surface area contributed by atoms with Crippen LogP contribution in [-0.2, 0) is 14.3 Å². The number of rotatable bonds is 10. The zero-order valence-corrected chi connectivity index (χ0v) is 23.3. The van der Waals surface area contributed by atoms with E-state index in [2.05, 4.69) is 18.7 Å². The average Bonchev–Trinajstić information content (AvgIpc) is 3.22. The molecule has 0 saturated carbocycles. The Bertz CT molecular complexity index is 1250. The maximum atomic E-state index is 13.5. The molecule has 1 N–H and O–H groups in total. The van der Waals surface area contributed by atoms with Crippen LogP contribution in [0.1, 0.15) is 43.9 Å². The Labute approximate surface area is 235 Å². The number of ether oxygens (including phenoxy) is 4. The van der Waals surface area contributed by atoms with Crippen molar-refractivity contribution in [3.8, 4) is 17.2 Å². The molecule has 3 aliphatic heterocycles. The number of fused-ring (bicyclic) bond motifs is 1. The molecule has 5 rings (SSSR count). The van der Waals surface area contributed by atoms with Gasteiger partial charge in [0.25, 0.3) is 11.7 Å². The van der Waals surface area contributed by atoms with Gasteiger partial charge in [0.15, 0.2) is 11.5 Å². The topological polar surface area (TPSA) is 97.8 Å². The maximum absolute atomic E-state index is 13.5. The van der Waals surface area contributed by atoms with E-state index in [4.69, 9.17) is 18.9 Å². The molecule has 9 nitrogen and oxygen atoms in total. The largest absolute Gasteiger partial charge is 0.507 e. The van der Waals surface area contributed by atoms with E-state index in [1.54, 1.807) is 23.1 Å². The van der Waals surface area contributed by atoms with Crippen LogP contribution in [0.3, 0.4) is 0 Å². The van der Waals surface area contributed by atoms with Crippen molar-refractivity contribution in [1.29, 1.82) is 0 Å². The predicted molar refractivity (Wildman–Crippen MR) is 150 cm³/mol. The molecule has 1 atom stereocenters. The average molecular weight is 551 g/mol. The van der Waals surface area contributed by atoms with Crippen molar-refractivity contribution < 1.29 is 33.6 Å². The Balaban J connectivity index is 1.47. The summed E-state index contributed by atoms with van der Waals surface area (Å²) in [7, 11) is 0. The molecule has 2 aromatic carbocycles. The number of carbonyl (C=O) groups excluding carboxylic acids is 2. The number of aliphatic hydroxyl groups is 1. The minimum absolute atomic E-state index is 0.0624. The second-order valence-electron chi connectivity index (χ2n) is 10.8. The Morgan fingerprint density at radius 2 is 1.77 bits per heavy atom. The van der Waals surface area contributed by atoms with Crippen molar-refractivity contribution in [2.45, 2.75) is 32.7 Å². The minimum atomic E-state index is -0.744. The number of hydrogen-bond acceptors (Lipinski definition) is 8. The van der Waals surface area contributed by atoms with Crippen LogP contribution in [0.2, 0.25) is 0 Å². The van der Waals surface area contributed by atoms with Gasteiger partial charge in [0.1, 0.15) is 24.7 Å². The molecule has 0 bridgehead atoms. The molecule has 2 saturated heterocycles. The molecule has 0 spiro atoms. The summed E-state index contributed by atoms with van der Waals surface area (Å²) in [5, 5.41) is 11.5. The highest BCUT2D eigenvalue weighted by Gasteiger charge is 2.46. The van der Waals surface area contributed by atoms with Crippen LogP contribution in [-0.4, -0.2) is 85.8 Å². The molecule has 2 fully saturated rings.